The second kappa shape index (κ2) is 7.97. The quantitative estimate of drug-likeness (QED) is 0.852. The minimum Gasteiger partial charge on any atom is -0.497 e. The van der Waals surface area contributed by atoms with Gasteiger partial charge in [0.15, 0.2) is 0 Å². The maximum absolute atomic E-state index is 12.6. The Labute approximate surface area is 149 Å². The van der Waals surface area contributed by atoms with Gasteiger partial charge in [-0.05, 0) is 51.8 Å². The van der Waals surface area contributed by atoms with Crippen LogP contribution < -0.4 is 10.1 Å². The monoisotopic (exact) mass is 390 g/mol. The molecule has 0 fully saturated rings. The summed E-state index contributed by atoms with van der Waals surface area (Å²) in [6.07, 6.45) is 0. The third kappa shape index (κ3) is 4.14. The number of hydrogen-bond donors (Lipinski definition) is 1. The zero-order chi connectivity index (χ0) is 17.7. The van der Waals surface area contributed by atoms with Gasteiger partial charge in [-0.15, -0.1) is 0 Å². The van der Waals surface area contributed by atoms with E-state index in [2.05, 4.69) is 21.2 Å². The summed E-state index contributed by atoms with van der Waals surface area (Å²) in [6.45, 7) is 0.441. The normalized spacial score (nSPS) is 10.2. The van der Waals surface area contributed by atoms with E-state index < -0.39 is 0 Å². The Kier molecular flexibility index (Phi) is 5.98. The Bertz CT molecular complexity index is 744. The van der Waals surface area contributed by atoms with E-state index in [1.54, 1.807) is 56.4 Å². The predicted molar refractivity (Wildman–Crippen MR) is 96.3 cm³/mol. The summed E-state index contributed by atoms with van der Waals surface area (Å²) < 4.78 is 5.89. The molecule has 0 radical (unpaired) electrons. The van der Waals surface area contributed by atoms with Crippen molar-refractivity contribution in [2.45, 2.75) is 6.54 Å². The Hall–Kier alpha value is -2.34. The molecule has 0 aliphatic carbocycles. The molecule has 5 nitrogen and oxygen atoms in total. The van der Waals surface area contributed by atoms with Gasteiger partial charge >= 0.3 is 0 Å². The summed E-state index contributed by atoms with van der Waals surface area (Å²) in [5.41, 5.74) is 2.07. The van der Waals surface area contributed by atoms with Gasteiger partial charge in [0.2, 0.25) is 0 Å². The summed E-state index contributed by atoms with van der Waals surface area (Å²) in [5.74, 6) is 0.382. The molecular formula is C18H19BrN2O3. The highest BCUT2D eigenvalue weighted by Gasteiger charge is 2.16. The molecule has 0 bridgehead atoms. The van der Waals surface area contributed by atoms with Crippen molar-refractivity contribution in [2.75, 3.05) is 21.2 Å². The fourth-order valence-electron chi connectivity index (χ4n) is 2.25. The molecular weight excluding hydrogens is 372 g/mol. The van der Waals surface area contributed by atoms with Crippen LogP contribution in [-0.4, -0.2) is 37.9 Å². The van der Waals surface area contributed by atoms with Crippen molar-refractivity contribution in [3.8, 4) is 5.75 Å². The predicted octanol–water partition coefficient (Wildman–Crippen LogP) is 3.09. The van der Waals surface area contributed by atoms with Crippen LogP contribution in [0.2, 0.25) is 0 Å². The number of hydrogen-bond acceptors (Lipinski definition) is 3. The summed E-state index contributed by atoms with van der Waals surface area (Å²) in [6, 6.07) is 12.5. The molecule has 2 amide bonds. The SMILES string of the molecule is CNC(=O)c1ccc(CN(C)C(=O)c2cc(OC)ccc2Br)cc1. The van der Waals surface area contributed by atoms with Crippen molar-refractivity contribution in [3.63, 3.8) is 0 Å². The van der Waals surface area contributed by atoms with Gasteiger partial charge in [-0.2, -0.15) is 0 Å². The first-order valence-corrected chi connectivity index (χ1v) is 8.15. The molecule has 0 aliphatic rings. The lowest BCUT2D eigenvalue weighted by molar-refractivity contribution is 0.0783. The van der Waals surface area contributed by atoms with Crippen LogP contribution in [-0.2, 0) is 6.54 Å². The van der Waals surface area contributed by atoms with Crippen LogP contribution in [0.5, 0.6) is 5.75 Å². The highest BCUT2D eigenvalue weighted by molar-refractivity contribution is 9.10. The average Bonchev–Trinajstić information content (AvgIpc) is 2.61. The number of rotatable bonds is 5. The maximum Gasteiger partial charge on any atom is 0.255 e. The van der Waals surface area contributed by atoms with E-state index in [-0.39, 0.29) is 11.8 Å². The van der Waals surface area contributed by atoms with Crippen molar-refractivity contribution in [1.82, 2.24) is 10.2 Å². The van der Waals surface area contributed by atoms with Gasteiger partial charge in [-0.25, -0.2) is 0 Å². The van der Waals surface area contributed by atoms with E-state index in [4.69, 9.17) is 4.74 Å². The maximum atomic E-state index is 12.6. The van der Waals surface area contributed by atoms with Gasteiger partial charge in [-0.1, -0.05) is 12.1 Å². The molecule has 24 heavy (non-hydrogen) atoms. The van der Waals surface area contributed by atoms with Crippen LogP contribution in [0.3, 0.4) is 0 Å². The van der Waals surface area contributed by atoms with Crippen LogP contribution in [0.4, 0.5) is 0 Å². The number of halogens is 1. The van der Waals surface area contributed by atoms with Crippen LogP contribution in [0.1, 0.15) is 26.3 Å². The van der Waals surface area contributed by atoms with Gasteiger partial charge in [0.1, 0.15) is 5.75 Å². The van der Waals surface area contributed by atoms with Gasteiger partial charge < -0.3 is 15.0 Å². The van der Waals surface area contributed by atoms with Gasteiger partial charge in [-0.3, -0.25) is 9.59 Å². The molecule has 0 aromatic heterocycles. The average molecular weight is 391 g/mol. The number of amides is 2. The third-order valence-corrected chi connectivity index (χ3v) is 4.31. The van der Waals surface area contributed by atoms with Crippen molar-refractivity contribution < 1.29 is 14.3 Å². The Morgan fingerprint density at radius 2 is 1.83 bits per heavy atom. The number of benzene rings is 2. The molecule has 2 aromatic carbocycles. The van der Waals surface area contributed by atoms with E-state index in [0.717, 1.165) is 10.0 Å². The number of nitrogens with one attached hydrogen (secondary N) is 1. The Balaban J connectivity index is 2.13. The minimum atomic E-state index is -0.133. The summed E-state index contributed by atoms with van der Waals surface area (Å²) in [5, 5.41) is 2.58. The lowest BCUT2D eigenvalue weighted by Gasteiger charge is -2.18. The topological polar surface area (TPSA) is 58.6 Å². The fourth-order valence-corrected chi connectivity index (χ4v) is 2.67. The van der Waals surface area contributed by atoms with Crippen molar-refractivity contribution >= 4 is 27.7 Å². The van der Waals surface area contributed by atoms with Crippen LogP contribution >= 0.6 is 15.9 Å². The largest absolute Gasteiger partial charge is 0.497 e. The molecule has 0 saturated carbocycles. The zero-order valence-electron chi connectivity index (χ0n) is 13.8. The molecule has 2 rings (SSSR count). The molecule has 0 saturated heterocycles. The summed E-state index contributed by atoms with van der Waals surface area (Å²) in [7, 11) is 4.89. The molecule has 0 aliphatic heterocycles. The van der Waals surface area contributed by atoms with E-state index in [1.165, 1.54) is 0 Å². The van der Waals surface area contributed by atoms with Crippen molar-refractivity contribution in [1.29, 1.82) is 0 Å². The lowest BCUT2D eigenvalue weighted by Crippen LogP contribution is -2.26. The molecule has 2 aromatic rings. The minimum absolute atomic E-state index is 0.115. The zero-order valence-corrected chi connectivity index (χ0v) is 15.4. The summed E-state index contributed by atoms with van der Waals surface area (Å²) >= 11 is 3.40. The van der Waals surface area contributed by atoms with Gasteiger partial charge in [0, 0.05) is 30.7 Å². The number of carbonyl (C=O) groups is 2. The number of ether oxygens (including phenoxy) is 1. The first kappa shape index (κ1) is 18.0. The summed E-state index contributed by atoms with van der Waals surface area (Å²) in [4.78, 5) is 25.8. The van der Waals surface area contributed by atoms with Crippen molar-refractivity contribution in [3.05, 3.63) is 63.6 Å². The highest BCUT2D eigenvalue weighted by atomic mass is 79.9. The van der Waals surface area contributed by atoms with E-state index in [0.29, 0.717) is 23.4 Å². The first-order valence-electron chi connectivity index (χ1n) is 7.36. The number of nitrogens with zero attached hydrogens (tertiary/aromatic N) is 1. The Morgan fingerprint density at radius 3 is 2.42 bits per heavy atom. The molecule has 126 valence electrons. The highest BCUT2D eigenvalue weighted by Crippen LogP contribution is 2.24. The fraction of sp³-hybridized carbons (Fsp3) is 0.222. The van der Waals surface area contributed by atoms with E-state index in [1.807, 2.05) is 12.1 Å². The molecule has 0 atom stereocenters. The number of methoxy groups -OCH3 is 1. The Morgan fingerprint density at radius 1 is 1.17 bits per heavy atom. The van der Waals surface area contributed by atoms with Crippen LogP contribution in [0, 0.1) is 0 Å². The third-order valence-electron chi connectivity index (χ3n) is 3.61. The second-order valence-electron chi connectivity index (χ2n) is 5.28. The molecule has 0 spiro atoms. The van der Waals surface area contributed by atoms with Crippen LogP contribution in [0.15, 0.2) is 46.9 Å². The molecule has 1 N–H and O–H groups in total. The standard InChI is InChI=1S/C18H19BrN2O3/c1-20-17(22)13-6-4-12(5-7-13)11-21(2)18(23)15-10-14(24-3)8-9-16(15)19/h4-10H,11H2,1-3H3,(H,20,22). The molecule has 0 heterocycles. The molecule has 6 heteroatoms. The van der Waals surface area contributed by atoms with Crippen LogP contribution in [0.25, 0.3) is 0 Å². The lowest BCUT2D eigenvalue weighted by atomic mass is 10.1. The second-order valence-corrected chi connectivity index (χ2v) is 6.14. The van der Waals surface area contributed by atoms with Crippen molar-refractivity contribution in [2.24, 2.45) is 0 Å². The number of carbonyl (C=O) groups excluding carboxylic acids is 2. The van der Waals surface area contributed by atoms with Gasteiger partial charge in [0.05, 0.1) is 12.7 Å². The smallest absolute Gasteiger partial charge is 0.255 e. The molecule has 0 unspecified atom stereocenters. The van der Waals surface area contributed by atoms with E-state index >= 15 is 0 Å². The van der Waals surface area contributed by atoms with E-state index in [9.17, 15) is 9.59 Å². The first-order chi connectivity index (χ1) is 11.5. The van der Waals surface area contributed by atoms with Gasteiger partial charge in [0.25, 0.3) is 11.8 Å².